The zero-order valence-electron chi connectivity index (χ0n) is 19.8. The quantitative estimate of drug-likeness (QED) is 0.412. The third kappa shape index (κ3) is 7.34. The summed E-state index contributed by atoms with van der Waals surface area (Å²) in [7, 11) is -3.51. The molecular weight excluding hydrogens is 450 g/mol. The third-order valence-corrected chi connectivity index (χ3v) is 5.85. The molecule has 180 valence electrons. The van der Waals surface area contributed by atoms with Crippen LogP contribution in [0.1, 0.15) is 39.5 Å². The van der Waals surface area contributed by atoms with Crippen LogP contribution in [0.3, 0.4) is 0 Å². The van der Waals surface area contributed by atoms with E-state index in [2.05, 4.69) is 28.9 Å². The summed E-state index contributed by atoms with van der Waals surface area (Å²) in [5.41, 5.74) is 3.44. The van der Waals surface area contributed by atoms with Gasteiger partial charge in [0, 0.05) is 30.1 Å². The number of nitrogens with zero attached hydrogens (tertiary/aromatic N) is 4. The lowest BCUT2D eigenvalue weighted by atomic mass is 10.0. The van der Waals surface area contributed by atoms with Crippen molar-refractivity contribution in [3.05, 3.63) is 60.7 Å². The number of rotatable bonds is 11. The fourth-order valence-electron chi connectivity index (χ4n) is 3.62. The van der Waals surface area contributed by atoms with Gasteiger partial charge in [0.1, 0.15) is 11.4 Å². The maximum absolute atomic E-state index is 11.7. The summed E-state index contributed by atoms with van der Waals surface area (Å²) in [5, 5.41) is 9.03. The summed E-state index contributed by atoms with van der Waals surface area (Å²) in [4.78, 5) is 18.7. The first-order chi connectivity index (χ1) is 16.2. The van der Waals surface area contributed by atoms with E-state index in [1.165, 1.54) is 0 Å². The van der Waals surface area contributed by atoms with E-state index in [0.29, 0.717) is 18.9 Å². The first-order valence-corrected chi connectivity index (χ1v) is 13.3. The van der Waals surface area contributed by atoms with Gasteiger partial charge >= 0.3 is 0 Å². The van der Waals surface area contributed by atoms with Gasteiger partial charge in [-0.05, 0) is 26.7 Å². The van der Waals surface area contributed by atoms with E-state index in [1.807, 2.05) is 65.4 Å². The molecule has 0 aliphatic carbocycles. The van der Waals surface area contributed by atoms with Gasteiger partial charge in [0.05, 0.1) is 6.26 Å². The fourth-order valence-corrected chi connectivity index (χ4v) is 4.13. The molecule has 0 radical (unpaired) electrons. The molecule has 1 aromatic heterocycles. The number of hydrogen-bond acceptors (Lipinski definition) is 7. The van der Waals surface area contributed by atoms with Crippen LogP contribution in [0.25, 0.3) is 22.5 Å². The summed E-state index contributed by atoms with van der Waals surface area (Å²) >= 11 is 0. The van der Waals surface area contributed by atoms with Crippen LogP contribution in [-0.2, 0) is 14.8 Å². The van der Waals surface area contributed by atoms with Gasteiger partial charge in [-0.25, -0.2) is 13.4 Å². The van der Waals surface area contributed by atoms with Crippen LogP contribution in [0, 0.1) is 0 Å². The van der Waals surface area contributed by atoms with Crippen LogP contribution in [0.2, 0.25) is 0 Å². The Bertz CT molecular complexity index is 1190. The zero-order chi connectivity index (χ0) is 24.6. The predicted octanol–water partition coefficient (Wildman–Crippen LogP) is 4.06. The second-order valence-corrected chi connectivity index (χ2v) is 10.2. The minimum absolute atomic E-state index is 0.154. The van der Waals surface area contributed by atoms with Crippen molar-refractivity contribution in [2.45, 2.75) is 45.6 Å². The summed E-state index contributed by atoms with van der Waals surface area (Å²) in [6, 6.07) is 20.0. The SMILES string of the molecule is CC(C)N(CCCCCC(=O)NS(C)(=O)=O)c1nnc(-c2ccccc2)c(-c2ccccc2)n1. The number of carbonyl (C=O) groups excluding carboxylic acids is 1. The molecule has 0 saturated heterocycles. The van der Waals surface area contributed by atoms with Crippen molar-refractivity contribution < 1.29 is 13.2 Å². The zero-order valence-corrected chi connectivity index (χ0v) is 20.6. The van der Waals surface area contributed by atoms with Crippen LogP contribution in [-0.4, -0.2) is 48.3 Å². The van der Waals surface area contributed by atoms with Gasteiger partial charge in [0.15, 0.2) is 0 Å². The van der Waals surface area contributed by atoms with Crippen LogP contribution in [0.15, 0.2) is 60.7 Å². The normalized spacial score (nSPS) is 11.4. The van der Waals surface area contributed by atoms with Gasteiger partial charge in [0.25, 0.3) is 0 Å². The molecule has 9 heteroatoms. The molecule has 1 heterocycles. The molecule has 34 heavy (non-hydrogen) atoms. The molecule has 0 saturated carbocycles. The maximum Gasteiger partial charge on any atom is 0.246 e. The van der Waals surface area contributed by atoms with Crippen molar-refractivity contribution in [1.29, 1.82) is 0 Å². The number of amides is 1. The second-order valence-electron chi connectivity index (χ2n) is 8.44. The molecule has 0 bridgehead atoms. The molecule has 0 spiro atoms. The number of benzene rings is 2. The summed E-state index contributed by atoms with van der Waals surface area (Å²) in [6.45, 7) is 4.86. The molecule has 3 rings (SSSR count). The van der Waals surface area contributed by atoms with Crippen LogP contribution in [0.5, 0.6) is 0 Å². The largest absolute Gasteiger partial charge is 0.337 e. The van der Waals surface area contributed by atoms with Crippen LogP contribution < -0.4 is 9.62 Å². The number of aromatic nitrogens is 3. The molecular formula is C25H31N5O3S. The third-order valence-electron chi connectivity index (χ3n) is 5.25. The molecule has 0 unspecified atom stereocenters. The summed E-state index contributed by atoms with van der Waals surface area (Å²) in [5.74, 6) is 0.0862. The highest BCUT2D eigenvalue weighted by Gasteiger charge is 2.19. The van der Waals surface area contributed by atoms with E-state index in [1.54, 1.807) is 0 Å². The lowest BCUT2D eigenvalue weighted by Gasteiger charge is -2.27. The van der Waals surface area contributed by atoms with E-state index in [4.69, 9.17) is 4.98 Å². The van der Waals surface area contributed by atoms with E-state index < -0.39 is 15.9 Å². The van der Waals surface area contributed by atoms with Gasteiger partial charge in [0.2, 0.25) is 21.9 Å². The van der Waals surface area contributed by atoms with E-state index >= 15 is 0 Å². The monoisotopic (exact) mass is 481 g/mol. The van der Waals surface area contributed by atoms with Gasteiger partial charge in [-0.15, -0.1) is 10.2 Å². The molecule has 3 aromatic rings. The Kier molecular flexibility index (Phi) is 8.70. The lowest BCUT2D eigenvalue weighted by molar-refractivity contribution is -0.119. The molecule has 0 fully saturated rings. The lowest BCUT2D eigenvalue weighted by Crippen LogP contribution is -2.34. The number of anilines is 1. The average Bonchev–Trinajstić information content (AvgIpc) is 2.81. The Balaban J connectivity index is 1.75. The topological polar surface area (TPSA) is 105 Å². The highest BCUT2D eigenvalue weighted by molar-refractivity contribution is 7.89. The Hall–Kier alpha value is -3.33. The van der Waals surface area contributed by atoms with Crippen molar-refractivity contribution in [2.75, 3.05) is 17.7 Å². The standard InChI is InChI=1S/C25H31N5O3S/c1-19(2)30(18-12-6-11-17-22(31)29-34(3,32)33)25-26-23(20-13-7-4-8-14-20)24(27-28-25)21-15-9-5-10-16-21/h4-5,7-10,13-16,19H,6,11-12,17-18H2,1-3H3,(H,29,31). The number of unbranched alkanes of at least 4 members (excludes halogenated alkanes) is 2. The van der Waals surface area contributed by atoms with Gasteiger partial charge in [-0.3, -0.25) is 9.52 Å². The van der Waals surface area contributed by atoms with Gasteiger partial charge in [-0.2, -0.15) is 0 Å². The highest BCUT2D eigenvalue weighted by Crippen LogP contribution is 2.29. The van der Waals surface area contributed by atoms with Crippen molar-refractivity contribution in [2.24, 2.45) is 0 Å². The summed E-state index contributed by atoms with van der Waals surface area (Å²) in [6.07, 6.45) is 3.35. The van der Waals surface area contributed by atoms with Crippen molar-refractivity contribution in [3.8, 4) is 22.5 Å². The number of hydrogen-bond donors (Lipinski definition) is 1. The Labute approximate surface area is 201 Å². The smallest absolute Gasteiger partial charge is 0.246 e. The van der Waals surface area contributed by atoms with Crippen LogP contribution in [0.4, 0.5) is 5.95 Å². The fraction of sp³-hybridized carbons (Fsp3) is 0.360. The van der Waals surface area contributed by atoms with Crippen molar-refractivity contribution in [3.63, 3.8) is 0 Å². The molecule has 1 N–H and O–H groups in total. The van der Waals surface area contributed by atoms with E-state index in [9.17, 15) is 13.2 Å². The Morgan fingerprint density at radius 3 is 2.03 bits per heavy atom. The molecule has 2 aromatic carbocycles. The maximum atomic E-state index is 11.7. The summed E-state index contributed by atoms with van der Waals surface area (Å²) < 4.78 is 24.3. The number of nitrogens with one attached hydrogen (secondary N) is 1. The highest BCUT2D eigenvalue weighted by atomic mass is 32.2. The second kappa shape index (κ2) is 11.7. The first kappa shape index (κ1) is 25.3. The van der Waals surface area contributed by atoms with Gasteiger partial charge in [-0.1, -0.05) is 67.1 Å². The Morgan fingerprint density at radius 1 is 0.882 bits per heavy atom. The number of carbonyl (C=O) groups is 1. The molecule has 8 nitrogen and oxygen atoms in total. The molecule has 0 aliphatic heterocycles. The Morgan fingerprint density at radius 2 is 1.47 bits per heavy atom. The van der Waals surface area contributed by atoms with Crippen LogP contribution >= 0.6 is 0 Å². The van der Waals surface area contributed by atoms with Crippen molar-refractivity contribution >= 4 is 21.9 Å². The van der Waals surface area contributed by atoms with E-state index in [-0.39, 0.29) is 12.5 Å². The average molecular weight is 482 g/mol. The molecule has 1 amide bonds. The minimum atomic E-state index is -3.51. The molecule has 0 atom stereocenters. The first-order valence-electron chi connectivity index (χ1n) is 11.4. The minimum Gasteiger partial charge on any atom is -0.337 e. The van der Waals surface area contributed by atoms with Crippen molar-refractivity contribution in [1.82, 2.24) is 19.9 Å². The molecule has 0 aliphatic rings. The number of sulfonamides is 1. The van der Waals surface area contributed by atoms with Gasteiger partial charge < -0.3 is 4.90 Å². The predicted molar refractivity (Wildman–Crippen MR) is 135 cm³/mol. The van der Waals surface area contributed by atoms with E-state index in [0.717, 1.165) is 41.6 Å².